The normalized spacial score (nSPS) is 22.0. The third-order valence-electron chi connectivity index (χ3n) is 3.87. The van der Waals surface area contributed by atoms with Gasteiger partial charge in [-0.1, -0.05) is 13.2 Å². The number of rotatable bonds is 5. The maximum absolute atomic E-state index is 5.94. The Hall–Kier alpha value is -1.92. The minimum absolute atomic E-state index is 0.419. The second-order valence-electron chi connectivity index (χ2n) is 6.37. The number of allylic oxidation sites excluding steroid dienone is 1. The van der Waals surface area contributed by atoms with Gasteiger partial charge in [-0.25, -0.2) is 0 Å². The smallest absolute Gasteiger partial charge is 0.109 e. The lowest BCUT2D eigenvalue weighted by atomic mass is 9.91. The molecule has 0 saturated heterocycles. The van der Waals surface area contributed by atoms with E-state index in [1.165, 1.54) is 0 Å². The van der Waals surface area contributed by atoms with Crippen molar-refractivity contribution in [2.24, 2.45) is 10.7 Å². The molecule has 0 spiro atoms. The highest BCUT2D eigenvalue weighted by atomic mass is 79.9. The molecule has 1 aliphatic heterocycles. The van der Waals surface area contributed by atoms with Gasteiger partial charge in [0.1, 0.15) is 5.84 Å². The SMILES string of the molecule is C=C(N/C(C)=C/C(=C)C1(C)CN(C)CC(N)=N1)c1ccc(Br)cn1. The lowest BCUT2D eigenvalue weighted by molar-refractivity contribution is 0.296. The first-order valence-electron chi connectivity index (χ1n) is 7.68. The van der Waals surface area contributed by atoms with Crippen LogP contribution in [0, 0.1) is 0 Å². The first-order chi connectivity index (χ1) is 11.2. The molecule has 2 rings (SSSR count). The number of nitrogens with one attached hydrogen (secondary N) is 1. The molecule has 2 heterocycles. The minimum atomic E-state index is -0.419. The Morgan fingerprint density at radius 2 is 2.17 bits per heavy atom. The molecular weight excluding hydrogens is 366 g/mol. The Bertz CT molecular complexity index is 705. The fraction of sp³-hybridized carbons (Fsp3) is 0.333. The monoisotopic (exact) mass is 389 g/mol. The molecule has 24 heavy (non-hydrogen) atoms. The molecule has 0 radical (unpaired) electrons. The van der Waals surface area contributed by atoms with Crippen LogP contribution in [-0.4, -0.2) is 41.4 Å². The summed E-state index contributed by atoms with van der Waals surface area (Å²) < 4.78 is 0.935. The second kappa shape index (κ2) is 7.32. The van der Waals surface area contributed by atoms with Gasteiger partial charge in [0.15, 0.2) is 0 Å². The largest absolute Gasteiger partial charge is 0.386 e. The third kappa shape index (κ3) is 4.55. The average Bonchev–Trinajstić information content (AvgIpc) is 2.46. The Morgan fingerprint density at radius 3 is 2.75 bits per heavy atom. The molecule has 1 unspecified atom stereocenters. The molecule has 5 nitrogen and oxygen atoms in total. The number of hydrogen-bond acceptors (Lipinski definition) is 5. The van der Waals surface area contributed by atoms with Crippen LogP contribution >= 0.6 is 15.9 Å². The lowest BCUT2D eigenvalue weighted by Gasteiger charge is -2.36. The van der Waals surface area contributed by atoms with Crippen molar-refractivity contribution in [1.29, 1.82) is 0 Å². The van der Waals surface area contributed by atoms with E-state index in [9.17, 15) is 0 Å². The first-order valence-corrected chi connectivity index (χ1v) is 8.47. The van der Waals surface area contributed by atoms with Crippen LogP contribution in [0.4, 0.5) is 0 Å². The summed E-state index contributed by atoms with van der Waals surface area (Å²) in [5.41, 5.74) is 8.88. The number of aliphatic imine (C=N–C) groups is 1. The van der Waals surface area contributed by atoms with Gasteiger partial charge in [-0.15, -0.1) is 0 Å². The van der Waals surface area contributed by atoms with E-state index >= 15 is 0 Å². The molecule has 6 heteroatoms. The van der Waals surface area contributed by atoms with Gasteiger partial charge in [-0.2, -0.15) is 0 Å². The van der Waals surface area contributed by atoms with Crippen LogP contribution in [0.1, 0.15) is 19.5 Å². The molecule has 1 aliphatic rings. The Morgan fingerprint density at radius 1 is 1.46 bits per heavy atom. The molecule has 1 aromatic rings. The van der Waals surface area contributed by atoms with Crippen LogP contribution in [0.3, 0.4) is 0 Å². The summed E-state index contributed by atoms with van der Waals surface area (Å²) in [4.78, 5) is 11.1. The van der Waals surface area contributed by atoms with Gasteiger partial charge in [0, 0.05) is 22.9 Å². The number of nitrogens with two attached hydrogens (primary N) is 1. The quantitative estimate of drug-likeness (QED) is 0.759. The maximum Gasteiger partial charge on any atom is 0.109 e. The van der Waals surface area contributed by atoms with Gasteiger partial charge < -0.3 is 11.1 Å². The highest BCUT2D eigenvalue weighted by molar-refractivity contribution is 9.10. The van der Waals surface area contributed by atoms with Crippen molar-refractivity contribution in [3.63, 3.8) is 0 Å². The molecule has 3 N–H and O–H groups in total. The zero-order valence-electron chi connectivity index (χ0n) is 14.4. The summed E-state index contributed by atoms with van der Waals surface area (Å²) in [6.07, 6.45) is 3.73. The van der Waals surface area contributed by atoms with Crippen molar-refractivity contribution < 1.29 is 0 Å². The zero-order valence-corrected chi connectivity index (χ0v) is 16.0. The summed E-state index contributed by atoms with van der Waals surface area (Å²) >= 11 is 3.38. The van der Waals surface area contributed by atoms with Crippen molar-refractivity contribution in [2.75, 3.05) is 20.1 Å². The first kappa shape index (κ1) is 18.4. The van der Waals surface area contributed by atoms with Crippen LogP contribution in [0.25, 0.3) is 5.70 Å². The van der Waals surface area contributed by atoms with E-state index in [1.807, 2.05) is 39.1 Å². The van der Waals surface area contributed by atoms with Crippen molar-refractivity contribution >= 4 is 27.5 Å². The van der Waals surface area contributed by atoms with Gasteiger partial charge in [-0.05, 0) is 60.6 Å². The molecule has 128 valence electrons. The minimum Gasteiger partial charge on any atom is -0.386 e. The molecule has 0 saturated carbocycles. The number of nitrogens with zero attached hydrogens (tertiary/aromatic N) is 3. The van der Waals surface area contributed by atoms with Gasteiger partial charge in [0.2, 0.25) is 0 Å². The van der Waals surface area contributed by atoms with Crippen LogP contribution in [-0.2, 0) is 0 Å². The number of likely N-dealkylation sites (N-methyl/N-ethyl adjacent to an activating group) is 1. The maximum atomic E-state index is 5.94. The number of pyridine rings is 1. The second-order valence-corrected chi connectivity index (χ2v) is 7.28. The predicted octanol–water partition coefficient (Wildman–Crippen LogP) is 2.93. The van der Waals surface area contributed by atoms with Gasteiger partial charge in [0.25, 0.3) is 0 Å². The molecule has 0 bridgehead atoms. The summed E-state index contributed by atoms with van der Waals surface area (Å²) in [6, 6.07) is 3.84. The van der Waals surface area contributed by atoms with E-state index < -0.39 is 5.54 Å². The number of aromatic nitrogens is 1. The van der Waals surface area contributed by atoms with E-state index in [1.54, 1.807) is 6.20 Å². The molecular formula is C18H24BrN5. The number of halogens is 1. The zero-order chi connectivity index (χ0) is 17.9. The Kier molecular flexibility index (Phi) is 5.62. The fourth-order valence-electron chi connectivity index (χ4n) is 2.73. The standard InChI is InChI=1S/C18H24BrN5/c1-12(18(4)11-24(5)10-17(20)23-18)8-13(2)22-14(3)16-7-6-15(19)9-21-16/h6-9,22H,1,3,10-11H2,2,4-5H3,(H2,20,23)/b13-8+. The molecule has 0 fully saturated rings. The summed E-state index contributed by atoms with van der Waals surface area (Å²) in [5.74, 6) is 0.634. The van der Waals surface area contributed by atoms with E-state index in [-0.39, 0.29) is 0 Å². The third-order valence-corrected chi connectivity index (χ3v) is 4.34. The van der Waals surface area contributed by atoms with Gasteiger partial charge in [-0.3, -0.25) is 14.9 Å². The Labute approximate surface area is 152 Å². The topological polar surface area (TPSA) is 66.5 Å². The van der Waals surface area contributed by atoms with Crippen molar-refractivity contribution in [2.45, 2.75) is 19.4 Å². The van der Waals surface area contributed by atoms with Crippen molar-refractivity contribution in [1.82, 2.24) is 15.2 Å². The van der Waals surface area contributed by atoms with Crippen LogP contribution < -0.4 is 11.1 Å². The lowest BCUT2D eigenvalue weighted by Crippen LogP contribution is -2.48. The number of hydrogen-bond donors (Lipinski definition) is 2. The van der Waals surface area contributed by atoms with Crippen LogP contribution in [0.5, 0.6) is 0 Å². The van der Waals surface area contributed by atoms with E-state index in [0.717, 1.165) is 33.7 Å². The molecule has 0 aromatic carbocycles. The molecule has 0 aliphatic carbocycles. The summed E-state index contributed by atoms with van der Waals surface area (Å²) in [5, 5.41) is 3.26. The van der Waals surface area contributed by atoms with Crippen LogP contribution in [0.15, 0.2) is 58.3 Å². The number of amidine groups is 1. The van der Waals surface area contributed by atoms with Gasteiger partial charge in [0.05, 0.1) is 23.5 Å². The molecule has 0 amide bonds. The van der Waals surface area contributed by atoms with Crippen LogP contribution in [0.2, 0.25) is 0 Å². The fourth-order valence-corrected chi connectivity index (χ4v) is 2.96. The highest BCUT2D eigenvalue weighted by Gasteiger charge is 2.31. The van der Waals surface area contributed by atoms with E-state index in [4.69, 9.17) is 5.73 Å². The predicted molar refractivity (Wildman–Crippen MR) is 105 cm³/mol. The molecule has 1 atom stereocenters. The van der Waals surface area contributed by atoms with Crippen molar-refractivity contribution in [3.8, 4) is 0 Å². The summed E-state index contributed by atoms with van der Waals surface area (Å²) in [7, 11) is 2.03. The molecule has 1 aromatic heterocycles. The summed E-state index contributed by atoms with van der Waals surface area (Å²) in [6.45, 7) is 13.7. The average molecular weight is 390 g/mol. The highest BCUT2D eigenvalue weighted by Crippen LogP contribution is 2.26. The Balaban J connectivity index is 2.09. The van der Waals surface area contributed by atoms with Crippen molar-refractivity contribution in [3.05, 3.63) is 59.0 Å². The van der Waals surface area contributed by atoms with Gasteiger partial charge >= 0.3 is 0 Å². The van der Waals surface area contributed by atoms with E-state index in [2.05, 4.69) is 49.3 Å². The van der Waals surface area contributed by atoms with E-state index in [0.29, 0.717) is 12.4 Å².